The number of pyridine rings is 1. The average Bonchev–Trinajstić information content (AvgIpc) is 3.20. The van der Waals surface area contributed by atoms with Crippen molar-refractivity contribution >= 4 is 57.7 Å². The Labute approximate surface area is 175 Å². The molecule has 0 unspecified atom stereocenters. The molecule has 4 rings (SSSR count). The zero-order valence-electron chi connectivity index (χ0n) is 14.3. The van der Waals surface area contributed by atoms with Crippen LogP contribution < -0.4 is 4.57 Å². The number of benzene rings is 1. The molecule has 2 N–H and O–H groups in total. The molecule has 0 bridgehead atoms. The Hall–Kier alpha value is -1.73. The summed E-state index contributed by atoms with van der Waals surface area (Å²) in [6, 6.07) is 9.20. The summed E-state index contributed by atoms with van der Waals surface area (Å²) in [4.78, 5) is 15.4. The Morgan fingerprint density at radius 3 is 2.74 bits per heavy atom. The Morgan fingerprint density at radius 2 is 1.96 bits per heavy atom. The van der Waals surface area contributed by atoms with E-state index in [-0.39, 0.29) is 0 Å². The van der Waals surface area contributed by atoms with Crippen LogP contribution in [0, 0.1) is 0 Å². The summed E-state index contributed by atoms with van der Waals surface area (Å²) < 4.78 is 2.18. The fourth-order valence-corrected chi connectivity index (χ4v) is 4.12. The molecule has 4 aromatic rings. The van der Waals surface area contributed by atoms with Crippen LogP contribution in [0.25, 0.3) is 11.2 Å². The monoisotopic (exact) mass is 438 g/mol. The van der Waals surface area contributed by atoms with Crippen molar-refractivity contribution in [3.8, 4) is 0 Å². The van der Waals surface area contributed by atoms with Crippen LogP contribution in [0.5, 0.6) is 0 Å². The molecule has 1 aromatic carbocycles. The van der Waals surface area contributed by atoms with Crippen molar-refractivity contribution in [3.63, 3.8) is 0 Å². The summed E-state index contributed by atoms with van der Waals surface area (Å²) >= 11 is 20.0. The fraction of sp³-hybridized carbons (Fsp3) is 0.167. The zero-order valence-corrected chi connectivity index (χ0v) is 17.3. The molecule has 0 atom stereocenters. The SMILES string of the molecule is CSc1[nH]cc(Cc2ccc(Cl)cc2Cl)[n+]1Cc1nc2nc(Cl)ccc2[nH]1. The van der Waals surface area contributed by atoms with Gasteiger partial charge in [0.2, 0.25) is 0 Å². The molecule has 0 spiro atoms. The van der Waals surface area contributed by atoms with Crippen LogP contribution >= 0.6 is 46.6 Å². The zero-order chi connectivity index (χ0) is 19.0. The van der Waals surface area contributed by atoms with Gasteiger partial charge >= 0.3 is 5.16 Å². The van der Waals surface area contributed by atoms with E-state index in [1.165, 1.54) is 0 Å². The van der Waals surface area contributed by atoms with Gasteiger partial charge in [0.05, 0.1) is 5.52 Å². The van der Waals surface area contributed by atoms with Crippen LogP contribution in [0.3, 0.4) is 0 Å². The smallest absolute Gasteiger partial charge is 0.316 e. The standard InChI is InChI=1S/C18H14Cl3N5S/c1-27-18-22-8-12(6-10-2-3-11(19)7-13(10)20)26(18)9-16-23-14-4-5-15(21)24-17(14)25-16/h2-5,7-8H,6,9H2,1H3,(H,23,24,25)/p+1. The normalized spacial score (nSPS) is 11.4. The second-order valence-electron chi connectivity index (χ2n) is 5.98. The summed E-state index contributed by atoms with van der Waals surface area (Å²) in [5, 5.41) is 2.74. The van der Waals surface area contributed by atoms with E-state index in [4.69, 9.17) is 34.8 Å². The van der Waals surface area contributed by atoms with Gasteiger partial charge in [-0.05, 0) is 47.8 Å². The van der Waals surface area contributed by atoms with Gasteiger partial charge in [-0.15, -0.1) is 0 Å². The van der Waals surface area contributed by atoms with Gasteiger partial charge in [-0.1, -0.05) is 40.9 Å². The van der Waals surface area contributed by atoms with Crippen molar-refractivity contribution < 1.29 is 4.57 Å². The molecule has 9 heteroatoms. The van der Waals surface area contributed by atoms with Crippen molar-refractivity contribution in [1.82, 2.24) is 19.9 Å². The number of nitrogens with one attached hydrogen (secondary N) is 2. The highest BCUT2D eigenvalue weighted by Crippen LogP contribution is 2.23. The maximum atomic E-state index is 6.35. The highest BCUT2D eigenvalue weighted by Gasteiger charge is 2.20. The number of thioether (sulfide) groups is 1. The third-order valence-corrected chi connectivity index (χ3v) is 5.73. The number of halogens is 3. The molecule has 3 heterocycles. The summed E-state index contributed by atoms with van der Waals surface area (Å²) in [5.74, 6) is 0.808. The molecule has 0 amide bonds. The first kappa shape index (κ1) is 18.6. The van der Waals surface area contributed by atoms with E-state index in [2.05, 4.69) is 24.5 Å². The highest BCUT2D eigenvalue weighted by molar-refractivity contribution is 7.98. The van der Waals surface area contributed by atoms with Crippen LogP contribution in [0.1, 0.15) is 17.1 Å². The van der Waals surface area contributed by atoms with Gasteiger partial charge < -0.3 is 4.98 Å². The van der Waals surface area contributed by atoms with Crippen LogP contribution in [0.4, 0.5) is 0 Å². The molecule has 27 heavy (non-hydrogen) atoms. The number of aromatic amines is 2. The maximum Gasteiger partial charge on any atom is 0.316 e. The predicted octanol–water partition coefficient (Wildman–Crippen LogP) is 4.89. The van der Waals surface area contributed by atoms with Crippen LogP contribution in [-0.4, -0.2) is 26.2 Å². The molecule has 3 aromatic heterocycles. The quantitative estimate of drug-likeness (QED) is 0.264. The lowest BCUT2D eigenvalue weighted by Gasteiger charge is -2.05. The minimum Gasteiger partial charge on any atom is -0.337 e. The van der Waals surface area contributed by atoms with E-state index < -0.39 is 0 Å². The van der Waals surface area contributed by atoms with Crippen LogP contribution in [-0.2, 0) is 13.0 Å². The summed E-state index contributed by atoms with van der Waals surface area (Å²) in [5.41, 5.74) is 3.58. The van der Waals surface area contributed by atoms with Gasteiger partial charge in [-0.3, -0.25) is 0 Å². The second kappa shape index (κ2) is 7.72. The summed E-state index contributed by atoms with van der Waals surface area (Å²) in [6.45, 7) is 0.578. The number of aromatic nitrogens is 5. The molecule has 0 radical (unpaired) electrons. The predicted molar refractivity (Wildman–Crippen MR) is 110 cm³/mol. The van der Waals surface area contributed by atoms with E-state index in [1.54, 1.807) is 23.9 Å². The molecule has 0 aliphatic carbocycles. The van der Waals surface area contributed by atoms with E-state index in [9.17, 15) is 0 Å². The van der Waals surface area contributed by atoms with Crippen LogP contribution in [0.15, 0.2) is 41.7 Å². The molecular formula is C18H15Cl3N5S+. The van der Waals surface area contributed by atoms with E-state index >= 15 is 0 Å². The van der Waals surface area contributed by atoms with Crippen LogP contribution in [0.2, 0.25) is 15.2 Å². The largest absolute Gasteiger partial charge is 0.337 e. The van der Waals surface area contributed by atoms with Crippen molar-refractivity contribution in [3.05, 3.63) is 68.8 Å². The van der Waals surface area contributed by atoms with Crippen molar-refractivity contribution in [2.24, 2.45) is 0 Å². The van der Waals surface area contributed by atoms with Crippen molar-refractivity contribution in [2.75, 3.05) is 6.26 Å². The first-order chi connectivity index (χ1) is 13.0. The topological polar surface area (TPSA) is 61.2 Å². The third kappa shape index (κ3) is 3.94. The Balaban J connectivity index is 1.67. The molecule has 0 saturated heterocycles. The number of imidazole rings is 2. The molecule has 0 aliphatic rings. The van der Waals surface area contributed by atoms with Gasteiger partial charge in [-0.2, -0.15) is 0 Å². The number of hydrogen-bond acceptors (Lipinski definition) is 3. The lowest BCUT2D eigenvalue weighted by Crippen LogP contribution is -2.39. The lowest BCUT2D eigenvalue weighted by molar-refractivity contribution is -0.731. The first-order valence-corrected chi connectivity index (χ1v) is 10.5. The molecule has 0 fully saturated rings. The van der Waals surface area contributed by atoms with E-state index in [1.807, 2.05) is 30.7 Å². The van der Waals surface area contributed by atoms with Gasteiger partial charge in [-0.25, -0.2) is 19.5 Å². The van der Waals surface area contributed by atoms with Gasteiger partial charge in [0.25, 0.3) is 0 Å². The van der Waals surface area contributed by atoms with Gasteiger partial charge in [0, 0.05) is 16.5 Å². The average molecular weight is 440 g/mol. The Morgan fingerprint density at radius 1 is 1.11 bits per heavy atom. The van der Waals surface area contributed by atoms with E-state index in [0.29, 0.717) is 33.8 Å². The second-order valence-corrected chi connectivity index (χ2v) is 8.00. The van der Waals surface area contributed by atoms with Crippen molar-refractivity contribution in [1.29, 1.82) is 0 Å². The summed E-state index contributed by atoms with van der Waals surface area (Å²) in [7, 11) is 0. The lowest BCUT2D eigenvalue weighted by atomic mass is 10.1. The maximum absolute atomic E-state index is 6.35. The number of fused-ring (bicyclic) bond motifs is 1. The minimum absolute atomic E-state index is 0.428. The highest BCUT2D eigenvalue weighted by atomic mass is 35.5. The molecule has 0 saturated carbocycles. The fourth-order valence-electron chi connectivity index (χ4n) is 2.92. The van der Waals surface area contributed by atoms with Gasteiger partial charge in [0.1, 0.15) is 23.6 Å². The third-order valence-electron chi connectivity index (χ3n) is 4.20. The Kier molecular flexibility index (Phi) is 5.32. The Bertz CT molecular complexity index is 1120. The number of H-pyrrole nitrogens is 2. The van der Waals surface area contributed by atoms with Gasteiger partial charge in [0.15, 0.2) is 11.5 Å². The number of hydrogen-bond donors (Lipinski definition) is 2. The molecule has 138 valence electrons. The van der Waals surface area contributed by atoms with E-state index in [0.717, 1.165) is 27.8 Å². The molecule has 5 nitrogen and oxygen atoms in total. The first-order valence-electron chi connectivity index (χ1n) is 8.12. The minimum atomic E-state index is 0.428. The summed E-state index contributed by atoms with van der Waals surface area (Å²) in [6.07, 6.45) is 4.70. The number of rotatable bonds is 5. The molecule has 0 aliphatic heterocycles. The number of nitrogens with zero attached hydrogens (tertiary/aromatic N) is 3. The van der Waals surface area contributed by atoms with Crippen molar-refractivity contribution in [2.45, 2.75) is 18.1 Å². The molecular weight excluding hydrogens is 425 g/mol.